The number of carbonyl (C=O) groups excluding carboxylic acids is 1. The van der Waals surface area contributed by atoms with E-state index in [-0.39, 0.29) is 6.03 Å². The molecule has 1 N–H and O–H groups in total. The third kappa shape index (κ3) is 4.14. The number of rotatable bonds is 7. The summed E-state index contributed by atoms with van der Waals surface area (Å²) in [5, 5.41) is 2.98. The Morgan fingerprint density at radius 3 is 2.89 bits per heavy atom. The summed E-state index contributed by atoms with van der Waals surface area (Å²) >= 11 is 0. The van der Waals surface area contributed by atoms with Crippen molar-refractivity contribution in [3.05, 3.63) is 0 Å². The third-order valence-electron chi connectivity index (χ3n) is 3.53. The molecule has 2 fully saturated rings. The van der Waals surface area contributed by atoms with E-state index >= 15 is 0 Å². The lowest BCUT2D eigenvalue weighted by Gasteiger charge is -2.25. The van der Waals surface area contributed by atoms with Crippen molar-refractivity contribution in [1.29, 1.82) is 0 Å². The van der Waals surface area contributed by atoms with Gasteiger partial charge in [0.1, 0.15) is 0 Å². The lowest BCUT2D eigenvalue weighted by molar-refractivity contribution is 0.160. The molecule has 1 aliphatic carbocycles. The van der Waals surface area contributed by atoms with Crippen LogP contribution in [0.2, 0.25) is 0 Å². The van der Waals surface area contributed by atoms with Crippen LogP contribution in [0.25, 0.3) is 0 Å². The number of nitrogens with zero attached hydrogens (tertiary/aromatic N) is 1. The molecule has 5 nitrogen and oxygen atoms in total. The first-order valence-electron chi connectivity index (χ1n) is 6.92. The largest absolute Gasteiger partial charge is 0.385 e. The molecule has 1 saturated heterocycles. The Morgan fingerprint density at radius 1 is 1.44 bits per heavy atom. The van der Waals surface area contributed by atoms with Crippen molar-refractivity contribution in [3.63, 3.8) is 0 Å². The number of urea groups is 1. The minimum atomic E-state index is 0.0838. The zero-order valence-corrected chi connectivity index (χ0v) is 11.2. The summed E-state index contributed by atoms with van der Waals surface area (Å²) in [6.45, 7) is 3.89. The van der Waals surface area contributed by atoms with Gasteiger partial charge in [-0.3, -0.25) is 0 Å². The Hall–Kier alpha value is -0.810. The number of hydrogen-bond acceptors (Lipinski definition) is 3. The number of nitrogens with one attached hydrogen (secondary N) is 1. The lowest BCUT2D eigenvalue weighted by atomic mass is 10.1. The first-order chi connectivity index (χ1) is 8.81. The molecule has 1 heterocycles. The van der Waals surface area contributed by atoms with Crippen LogP contribution >= 0.6 is 0 Å². The highest BCUT2D eigenvalue weighted by molar-refractivity contribution is 5.74. The zero-order valence-electron chi connectivity index (χ0n) is 11.2. The summed E-state index contributed by atoms with van der Waals surface area (Å²) in [5.74, 6) is 0.523. The van der Waals surface area contributed by atoms with Crippen molar-refractivity contribution < 1.29 is 14.3 Å². The molecule has 0 spiro atoms. The summed E-state index contributed by atoms with van der Waals surface area (Å²) in [6, 6.07) is 0.550. The Bertz CT molecular complexity index is 263. The molecule has 2 amide bonds. The van der Waals surface area contributed by atoms with Crippen molar-refractivity contribution in [2.24, 2.45) is 5.92 Å². The van der Waals surface area contributed by atoms with Gasteiger partial charge in [-0.1, -0.05) is 0 Å². The molecular weight excluding hydrogens is 232 g/mol. The third-order valence-corrected chi connectivity index (χ3v) is 3.53. The van der Waals surface area contributed by atoms with Crippen LogP contribution < -0.4 is 5.32 Å². The van der Waals surface area contributed by atoms with E-state index in [4.69, 9.17) is 9.47 Å². The van der Waals surface area contributed by atoms with E-state index in [9.17, 15) is 4.79 Å². The molecule has 1 saturated carbocycles. The van der Waals surface area contributed by atoms with Gasteiger partial charge in [0.25, 0.3) is 0 Å². The van der Waals surface area contributed by atoms with Gasteiger partial charge in [0.15, 0.2) is 0 Å². The number of hydrogen-bond donors (Lipinski definition) is 1. The van der Waals surface area contributed by atoms with Crippen molar-refractivity contribution in [2.45, 2.75) is 31.7 Å². The fraction of sp³-hybridized carbons (Fsp3) is 0.923. The van der Waals surface area contributed by atoms with Crippen LogP contribution in [0, 0.1) is 5.92 Å². The maximum Gasteiger partial charge on any atom is 0.317 e. The first-order valence-corrected chi connectivity index (χ1v) is 6.92. The average molecular weight is 256 g/mol. The monoisotopic (exact) mass is 256 g/mol. The topological polar surface area (TPSA) is 50.8 Å². The highest BCUT2D eigenvalue weighted by Gasteiger charge is 2.34. The van der Waals surface area contributed by atoms with Gasteiger partial charge >= 0.3 is 6.03 Å². The van der Waals surface area contributed by atoms with Crippen LogP contribution in [0.3, 0.4) is 0 Å². The smallest absolute Gasteiger partial charge is 0.317 e. The van der Waals surface area contributed by atoms with Crippen molar-refractivity contribution in [2.75, 3.05) is 40.0 Å². The highest BCUT2D eigenvalue weighted by atomic mass is 16.5. The van der Waals surface area contributed by atoms with E-state index in [0.29, 0.717) is 25.1 Å². The molecule has 0 aromatic carbocycles. The fourth-order valence-electron chi connectivity index (χ4n) is 2.30. The van der Waals surface area contributed by atoms with Crippen LogP contribution in [0.1, 0.15) is 25.7 Å². The van der Waals surface area contributed by atoms with Gasteiger partial charge < -0.3 is 19.7 Å². The molecule has 104 valence electrons. The van der Waals surface area contributed by atoms with Gasteiger partial charge in [0, 0.05) is 45.4 Å². The van der Waals surface area contributed by atoms with Crippen LogP contribution in [0.4, 0.5) is 4.79 Å². The second-order valence-corrected chi connectivity index (χ2v) is 5.19. The number of amides is 2. The molecular formula is C13H24N2O3. The average Bonchev–Trinajstić information content (AvgIpc) is 3.08. The predicted molar refractivity (Wildman–Crippen MR) is 68.5 cm³/mol. The SMILES string of the molecule is COCCCNC(=O)N(CC1CCOC1)C1CC1. The first kappa shape index (κ1) is 13.6. The summed E-state index contributed by atoms with van der Waals surface area (Å²) in [5.41, 5.74) is 0. The summed E-state index contributed by atoms with van der Waals surface area (Å²) in [7, 11) is 1.68. The Labute approximate surface area is 109 Å². The van der Waals surface area contributed by atoms with E-state index in [0.717, 1.165) is 45.4 Å². The molecule has 0 aromatic heterocycles. The van der Waals surface area contributed by atoms with E-state index in [1.54, 1.807) is 7.11 Å². The fourth-order valence-corrected chi connectivity index (χ4v) is 2.30. The van der Waals surface area contributed by atoms with Gasteiger partial charge in [-0.25, -0.2) is 4.79 Å². The van der Waals surface area contributed by atoms with E-state index in [1.165, 1.54) is 0 Å². The molecule has 1 atom stereocenters. The van der Waals surface area contributed by atoms with Gasteiger partial charge in [0.2, 0.25) is 0 Å². The van der Waals surface area contributed by atoms with Crippen LogP contribution in [0.5, 0.6) is 0 Å². The minimum absolute atomic E-state index is 0.0838. The zero-order chi connectivity index (χ0) is 12.8. The second-order valence-electron chi connectivity index (χ2n) is 5.19. The van der Waals surface area contributed by atoms with Crippen LogP contribution in [-0.4, -0.2) is 57.0 Å². The molecule has 18 heavy (non-hydrogen) atoms. The second kappa shape index (κ2) is 6.95. The molecule has 0 bridgehead atoms. The van der Waals surface area contributed by atoms with Crippen molar-refractivity contribution in [1.82, 2.24) is 10.2 Å². The highest BCUT2D eigenvalue weighted by Crippen LogP contribution is 2.28. The number of carbonyl (C=O) groups is 1. The Morgan fingerprint density at radius 2 is 2.28 bits per heavy atom. The summed E-state index contributed by atoms with van der Waals surface area (Å²) in [4.78, 5) is 14.1. The quantitative estimate of drug-likeness (QED) is 0.697. The van der Waals surface area contributed by atoms with Crippen LogP contribution in [0.15, 0.2) is 0 Å². The molecule has 2 aliphatic rings. The Kier molecular flexibility index (Phi) is 5.26. The summed E-state index contributed by atoms with van der Waals surface area (Å²) in [6.07, 6.45) is 4.26. The molecule has 0 radical (unpaired) electrons. The van der Waals surface area contributed by atoms with Crippen molar-refractivity contribution in [3.8, 4) is 0 Å². The molecule has 1 aliphatic heterocycles. The van der Waals surface area contributed by atoms with Gasteiger partial charge in [-0.15, -0.1) is 0 Å². The normalized spacial score (nSPS) is 23.1. The maximum atomic E-state index is 12.1. The Balaban J connectivity index is 1.72. The van der Waals surface area contributed by atoms with E-state index < -0.39 is 0 Å². The van der Waals surface area contributed by atoms with Gasteiger partial charge in [-0.2, -0.15) is 0 Å². The molecule has 2 rings (SSSR count). The predicted octanol–water partition coefficient (Wildman–Crippen LogP) is 1.23. The van der Waals surface area contributed by atoms with E-state index in [2.05, 4.69) is 5.32 Å². The van der Waals surface area contributed by atoms with Crippen molar-refractivity contribution >= 4 is 6.03 Å². The number of methoxy groups -OCH3 is 1. The standard InChI is InChI=1S/C13H24N2O3/c1-17-7-2-6-14-13(16)15(12-3-4-12)9-11-5-8-18-10-11/h11-12H,2-10H2,1H3,(H,14,16). The minimum Gasteiger partial charge on any atom is -0.385 e. The summed E-state index contributed by atoms with van der Waals surface area (Å²) < 4.78 is 10.3. The van der Waals surface area contributed by atoms with Crippen LogP contribution in [-0.2, 0) is 9.47 Å². The molecule has 1 unspecified atom stereocenters. The molecule has 0 aromatic rings. The van der Waals surface area contributed by atoms with Gasteiger partial charge in [0.05, 0.1) is 6.61 Å². The van der Waals surface area contributed by atoms with Gasteiger partial charge in [-0.05, 0) is 25.7 Å². The van der Waals surface area contributed by atoms with E-state index in [1.807, 2.05) is 4.90 Å². The number of ether oxygens (including phenoxy) is 2. The molecule has 5 heteroatoms. The maximum absolute atomic E-state index is 12.1. The lowest BCUT2D eigenvalue weighted by Crippen LogP contribution is -2.44.